The van der Waals surface area contributed by atoms with Crippen LogP contribution in [0.3, 0.4) is 0 Å². The van der Waals surface area contributed by atoms with Gasteiger partial charge in [-0.3, -0.25) is 19.1 Å². The molecule has 10 heteroatoms. The van der Waals surface area contributed by atoms with Gasteiger partial charge in [0.15, 0.2) is 5.69 Å². The molecule has 1 aromatic carbocycles. The summed E-state index contributed by atoms with van der Waals surface area (Å²) in [5.74, 6) is -1.49. The smallest absolute Gasteiger partial charge is 0.272 e. The molecule has 1 aliphatic rings. The van der Waals surface area contributed by atoms with Crippen LogP contribution in [0, 0.1) is 5.82 Å². The lowest BCUT2D eigenvalue weighted by Crippen LogP contribution is -2.62. The van der Waals surface area contributed by atoms with Crippen LogP contribution in [0.4, 0.5) is 4.39 Å². The van der Waals surface area contributed by atoms with Crippen LogP contribution in [0.2, 0.25) is 0 Å². The van der Waals surface area contributed by atoms with Crippen molar-refractivity contribution < 1.29 is 18.8 Å². The predicted molar refractivity (Wildman–Crippen MR) is 112 cm³/mol. The summed E-state index contributed by atoms with van der Waals surface area (Å²) < 4.78 is 14.5. The van der Waals surface area contributed by atoms with Gasteiger partial charge in [-0.15, -0.1) is 0 Å². The highest BCUT2D eigenvalue weighted by atomic mass is 19.1. The van der Waals surface area contributed by atoms with E-state index in [-0.39, 0.29) is 42.1 Å². The van der Waals surface area contributed by atoms with Crippen LogP contribution in [0.25, 0.3) is 0 Å². The first-order valence-corrected chi connectivity index (χ1v) is 9.93. The second-order valence-electron chi connectivity index (χ2n) is 8.08. The molecule has 2 aromatic rings. The fraction of sp³-hybridized carbons (Fsp3) is 0.429. The van der Waals surface area contributed by atoms with Crippen LogP contribution in [0.5, 0.6) is 0 Å². The first kappa shape index (κ1) is 22.4. The summed E-state index contributed by atoms with van der Waals surface area (Å²) in [5.41, 5.74) is -0.0791. The Morgan fingerprint density at radius 3 is 2.55 bits per heavy atom. The lowest BCUT2D eigenvalue weighted by atomic mass is 9.96. The van der Waals surface area contributed by atoms with Gasteiger partial charge >= 0.3 is 0 Å². The SMILES string of the molecule is CN(C)CCNC(=O)c1cc2n(n1)C[C@@](C)(C(=O)NCc1ccc(F)cc1)N(C)C2=O. The third-order valence-electron chi connectivity index (χ3n) is 5.43. The maximum atomic E-state index is 13.1. The Labute approximate surface area is 180 Å². The number of carbonyl (C=O) groups excluding carboxylic acids is 3. The molecule has 3 rings (SSSR count). The van der Waals surface area contributed by atoms with E-state index in [1.165, 1.54) is 27.8 Å². The molecule has 0 spiro atoms. The summed E-state index contributed by atoms with van der Waals surface area (Å²) >= 11 is 0. The number of fused-ring (bicyclic) bond motifs is 1. The Balaban J connectivity index is 1.72. The van der Waals surface area contributed by atoms with Gasteiger partial charge in [-0.1, -0.05) is 12.1 Å². The molecule has 3 amide bonds. The molecule has 2 heterocycles. The molecule has 0 saturated heterocycles. The molecule has 9 nitrogen and oxygen atoms in total. The van der Waals surface area contributed by atoms with Gasteiger partial charge < -0.3 is 20.4 Å². The molecule has 31 heavy (non-hydrogen) atoms. The zero-order valence-corrected chi connectivity index (χ0v) is 18.1. The molecule has 0 radical (unpaired) electrons. The summed E-state index contributed by atoms with van der Waals surface area (Å²) in [6.07, 6.45) is 0. The number of halogens is 1. The van der Waals surface area contributed by atoms with E-state index >= 15 is 0 Å². The zero-order chi connectivity index (χ0) is 22.8. The van der Waals surface area contributed by atoms with Gasteiger partial charge in [0.05, 0.1) is 6.54 Å². The number of hydrogen-bond acceptors (Lipinski definition) is 5. The van der Waals surface area contributed by atoms with Crippen molar-refractivity contribution in [2.75, 3.05) is 34.2 Å². The van der Waals surface area contributed by atoms with E-state index in [0.717, 1.165) is 5.56 Å². The Morgan fingerprint density at radius 2 is 1.90 bits per heavy atom. The van der Waals surface area contributed by atoms with Gasteiger partial charge in [0.2, 0.25) is 5.91 Å². The van der Waals surface area contributed by atoms with Crippen LogP contribution >= 0.6 is 0 Å². The molecule has 2 N–H and O–H groups in total. The number of likely N-dealkylation sites (N-methyl/N-ethyl adjacent to an activating group) is 2. The number of aromatic nitrogens is 2. The quantitative estimate of drug-likeness (QED) is 0.666. The van der Waals surface area contributed by atoms with Gasteiger partial charge in [-0.05, 0) is 38.7 Å². The van der Waals surface area contributed by atoms with Gasteiger partial charge in [0.1, 0.15) is 17.1 Å². The second-order valence-corrected chi connectivity index (χ2v) is 8.08. The molecule has 0 saturated carbocycles. The minimum atomic E-state index is -1.20. The molecule has 1 aromatic heterocycles. The number of carbonyl (C=O) groups is 3. The molecular formula is C21H27FN6O3. The van der Waals surface area contributed by atoms with E-state index in [1.807, 2.05) is 19.0 Å². The standard InChI is InChI=1S/C21H27FN6O3/c1-21(20(31)24-12-14-5-7-15(22)8-6-14)13-28-17(19(30)27(21)4)11-16(25-28)18(29)23-9-10-26(2)3/h5-8,11H,9-10,12-13H2,1-4H3,(H,23,29)(H,24,31)/t21-/m0/s1. The Kier molecular flexibility index (Phi) is 6.40. The summed E-state index contributed by atoms with van der Waals surface area (Å²) in [5, 5.41) is 9.82. The monoisotopic (exact) mass is 430 g/mol. The Bertz CT molecular complexity index is 988. The van der Waals surface area contributed by atoms with Gasteiger partial charge in [0.25, 0.3) is 11.8 Å². The fourth-order valence-electron chi connectivity index (χ4n) is 3.30. The normalized spacial score (nSPS) is 18.1. The number of nitrogens with one attached hydrogen (secondary N) is 2. The summed E-state index contributed by atoms with van der Waals surface area (Å²) in [7, 11) is 5.35. The van der Waals surface area contributed by atoms with Crippen LogP contribution in [-0.4, -0.2) is 77.1 Å². The molecule has 0 unspecified atom stereocenters. The van der Waals surface area contributed by atoms with Crippen LogP contribution < -0.4 is 10.6 Å². The highest BCUT2D eigenvalue weighted by Gasteiger charge is 2.46. The van der Waals surface area contributed by atoms with E-state index in [0.29, 0.717) is 13.1 Å². The van der Waals surface area contributed by atoms with E-state index in [1.54, 1.807) is 26.1 Å². The molecule has 1 aliphatic heterocycles. The minimum absolute atomic E-state index is 0.102. The number of rotatable bonds is 7. The molecule has 0 fully saturated rings. The zero-order valence-electron chi connectivity index (χ0n) is 18.1. The number of benzene rings is 1. The summed E-state index contributed by atoms with van der Waals surface area (Å²) in [6.45, 7) is 3.07. The highest BCUT2D eigenvalue weighted by molar-refractivity contribution is 6.01. The van der Waals surface area contributed by atoms with Gasteiger partial charge in [-0.2, -0.15) is 5.10 Å². The first-order chi connectivity index (χ1) is 14.6. The van der Waals surface area contributed by atoms with Crippen LogP contribution in [0.1, 0.15) is 33.5 Å². The lowest BCUT2D eigenvalue weighted by molar-refractivity contribution is -0.132. The minimum Gasteiger partial charge on any atom is -0.350 e. The number of hydrogen-bond donors (Lipinski definition) is 2. The molecule has 0 bridgehead atoms. The van der Waals surface area contributed by atoms with Crippen LogP contribution in [-0.2, 0) is 17.9 Å². The number of amides is 3. The Morgan fingerprint density at radius 1 is 1.23 bits per heavy atom. The summed E-state index contributed by atoms with van der Waals surface area (Å²) in [4.78, 5) is 41.5. The van der Waals surface area contributed by atoms with Crippen molar-refractivity contribution in [1.82, 2.24) is 30.2 Å². The molecule has 0 aliphatic carbocycles. The largest absolute Gasteiger partial charge is 0.350 e. The summed E-state index contributed by atoms with van der Waals surface area (Å²) in [6, 6.07) is 7.25. The first-order valence-electron chi connectivity index (χ1n) is 9.93. The number of nitrogens with zero attached hydrogens (tertiary/aromatic N) is 4. The van der Waals surface area contributed by atoms with E-state index in [9.17, 15) is 18.8 Å². The van der Waals surface area contributed by atoms with Crippen molar-refractivity contribution >= 4 is 17.7 Å². The average Bonchev–Trinajstić information content (AvgIpc) is 3.15. The van der Waals surface area contributed by atoms with Crippen molar-refractivity contribution in [1.29, 1.82) is 0 Å². The van der Waals surface area contributed by atoms with E-state index in [4.69, 9.17) is 0 Å². The van der Waals surface area contributed by atoms with Crippen LogP contribution in [0.15, 0.2) is 30.3 Å². The molecule has 1 atom stereocenters. The topological polar surface area (TPSA) is 99.6 Å². The van der Waals surface area contributed by atoms with Crippen molar-refractivity contribution in [2.45, 2.75) is 25.6 Å². The maximum Gasteiger partial charge on any atom is 0.272 e. The fourth-order valence-corrected chi connectivity index (χ4v) is 3.30. The lowest BCUT2D eigenvalue weighted by Gasteiger charge is -2.40. The van der Waals surface area contributed by atoms with Crippen molar-refractivity contribution in [3.05, 3.63) is 53.1 Å². The third-order valence-corrected chi connectivity index (χ3v) is 5.43. The molecular weight excluding hydrogens is 403 g/mol. The van der Waals surface area contributed by atoms with E-state index in [2.05, 4.69) is 15.7 Å². The average molecular weight is 430 g/mol. The predicted octanol–water partition coefficient (Wildman–Crippen LogP) is 0.474. The maximum absolute atomic E-state index is 13.1. The van der Waals surface area contributed by atoms with Crippen molar-refractivity contribution in [2.24, 2.45) is 0 Å². The highest BCUT2D eigenvalue weighted by Crippen LogP contribution is 2.26. The Hall–Kier alpha value is -3.27. The van der Waals surface area contributed by atoms with Crippen molar-refractivity contribution in [3.8, 4) is 0 Å². The second kappa shape index (κ2) is 8.84. The van der Waals surface area contributed by atoms with E-state index < -0.39 is 11.4 Å². The van der Waals surface area contributed by atoms with Crippen molar-refractivity contribution in [3.63, 3.8) is 0 Å². The molecule has 166 valence electrons. The van der Waals surface area contributed by atoms with Gasteiger partial charge in [0, 0.05) is 32.7 Å². The van der Waals surface area contributed by atoms with Gasteiger partial charge in [-0.25, -0.2) is 4.39 Å². The third kappa shape index (κ3) is 4.74.